The fraction of sp³-hybridized carbons (Fsp3) is 0.222. The van der Waals surface area contributed by atoms with Gasteiger partial charge in [0.25, 0.3) is 0 Å². The van der Waals surface area contributed by atoms with Crippen LogP contribution in [-0.2, 0) is 0 Å². The van der Waals surface area contributed by atoms with E-state index in [1.165, 1.54) is 22.3 Å². The summed E-state index contributed by atoms with van der Waals surface area (Å²) < 4.78 is 0. The van der Waals surface area contributed by atoms with Crippen molar-refractivity contribution in [3.63, 3.8) is 0 Å². The molecule has 0 saturated carbocycles. The van der Waals surface area contributed by atoms with Gasteiger partial charge in [-0.1, -0.05) is 60.7 Å². The Hall–Kier alpha value is -1.86. The molecule has 2 rings (SSSR count). The molecule has 2 aromatic rings. The SMILES string of the molecule is Cc1cccc(C)c1[C@H](N)C/C=C/c1ccccc1. The minimum Gasteiger partial charge on any atom is -0.324 e. The van der Waals surface area contributed by atoms with Gasteiger partial charge in [0.2, 0.25) is 0 Å². The number of hydrogen-bond acceptors (Lipinski definition) is 1. The third-order valence-electron chi connectivity index (χ3n) is 3.41. The predicted octanol–water partition coefficient (Wildman–Crippen LogP) is 4.41. The van der Waals surface area contributed by atoms with E-state index in [4.69, 9.17) is 5.73 Å². The molecule has 19 heavy (non-hydrogen) atoms. The molecule has 2 N–H and O–H groups in total. The first kappa shape index (κ1) is 13.6. The van der Waals surface area contributed by atoms with Crippen LogP contribution in [-0.4, -0.2) is 0 Å². The second-order valence-corrected chi connectivity index (χ2v) is 4.96. The number of nitrogens with two attached hydrogens (primary N) is 1. The van der Waals surface area contributed by atoms with Crippen LogP contribution in [0.5, 0.6) is 0 Å². The summed E-state index contributed by atoms with van der Waals surface area (Å²) in [7, 11) is 0. The van der Waals surface area contributed by atoms with Gasteiger partial charge in [-0.15, -0.1) is 0 Å². The van der Waals surface area contributed by atoms with Crippen molar-refractivity contribution in [2.24, 2.45) is 5.73 Å². The van der Waals surface area contributed by atoms with E-state index in [-0.39, 0.29) is 6.04 Å². The summed E-state index contributed by atoms with van der Waals surface area (Å²) in [5.41, 5.74) is 11.4. The van der Waals surface area contributed by atoms with E-state index in [1.54, 1.807) is 0 Å². The Morgan fingerprint density at radius 2 is 1.58 bits per heavy atom. The normalized spacial score (nSPS) is 12.8. The van der Waals surface area contributed by atoms with Gasteiger partial charge in [-0.2, -0.15) is 0 Å². The topological polar surface area (TPSA) is 26.0 Å². The molecule has 0 aromatic heterocycles. The molecular weight excluding hydrogens is 230 g/mol. The molecule has 0 fully saturated rings. The van der Waals surface area contributed by atoms with E-state index in [0.717, 1.165) is 6.42 Å². The van der Waals surface area contributed by atoms with E-state index in [2.05, 4.69) is 56.3 Å². The summed E-state index contributed by atoms with van der Waals surface area (Å²) in [6.07, 6.45) is 5.15. The molecule has 98 valence electrons. The fourth-order valence-corrected chi connectivity index (χ4v) is 2.44. The smallest absolute Gasteiger partial charge is 0.0335 e. The van der Waals surface area contributed by atoms with Gasteiger partial charge < -0.3 is 5.73 Å². The molecular formula is C18H21N. The molecule has 1 heteroatoms. The average molecular weight is 251 g/mol. The summed E-state index contributed by atoms with van der Waals surface area (Å²) in [5.74, 6) is 0. The minimum atomic E-state index is 0.0705. The molecule has 0 aliphatic carbocycles. The maximum Gasteiger partial charge on any atom is 0.0335 e. The van der Waals surface area contributed by atoms with Crippen LogP contribution < -0.4 is 5.73 Å². The van der Waals surface area contributed by atoms with Crippen molar-refractivity contribution in [2.75, 3.05) is 0 Å². The molecule has 0 aliphatic heterocycles. The first-order valence-electron chi connectivity index (χ1n) is 6.72. The molecule has 0 heterocycles. The zero-order chi connectivity index (χ0) is 13.7. The number of benzene rings is 2. The molecule has 1 nitrogen and oxygen atoms in total. The Labute approximate surface area is 115 Å². The molecule has 0 amide bonds. The van der Waals surface area contributed by atoms with Crippen LogP contribution in [0, 0.1) is 13.8 Å². The van der Waals surface area contributed by atoms with Gasteiger partial charge in [0.05, 0.1) is 0 Å². The maximum atomic E-state index is 6.31. The molecule has 2 aromatic carbocycles. The van der Waals surface area contributed by atoms with E-state index in [9.17, 15) is 0 Å². The molecule has 0 spiro atoms. The maximum absolute atomic E-state index is 6.31. The number of hydrogen-bond donors (Lipinski definition) is 1. The van der Waals surface area contributed by atoms with Crippen LogP contribution in [0.15, 0.2) is 54.6 Å². The Morgan fingerprint density at radius 1 is 0.947 bits per heavy atom. The lowest BCUT2D eigenvalue weighted by atomic mass is 9.94. The Kier molecular flexibility index (Phi) is 4.53. The first-order chi connectivity index (χ1) is 9.18. The standard InChI is InChI=1S/C18H21N/c1-14-8-6-9-15(2)18(14)17(19)13-7-12-16-10-4-3-5-11-16/h3-12,17H,13,19H2,1-2H3/b12-7+/t17-/m1/s1. The quantitative estimate of drug-likeness (QED) is 0.856. The van der Waals surface area contributed by atoms with Crippen LogP contribution in [0.25, 0.3) is 6.08 Å². The highest BCUT2D eigenvalue weighted by atomic mass is 14.6. The van der Waals surface area contributed by atoms with E-state index in [1.807, 2.05) is 18.2 Å². The zero-order valence-electron chi connectivity index (χ0n) is 11.6. The van der Waals surface area contributed by atoms with Crippen LogP contribution in [0.1, 0.15) is 34.7 Å². The Bertz CT molecular complexity index is 535. The molecule has 0 aliphatic rings. The van der Waals surface area contributed by atoms with Gasteiger partial charge in [0.15, 0.2) is 0 Å². The third kappa shape index (κ3) is 3.55. The molecule has 0 radical (unpaired) electrons. The Balaban J connectivity index is 2.06. The molecule has 0 saturated heterocycles. The summed E-state index contributed by atoms with van der Waals surface area (Å²) >= 11 is 0. The monoisotopic (exact) mass is 251 g/mol. The molecule has 1 atom stereocenters. The van der Waals surface area contributed by atoms with Gasteiger partial charge >= 0.3 is 0 Å². The van der Waals surface area contributed by atoms with Gasteiger partial charge in [-0.25, -0.2) is 0 Å². The number of rotatable bonds is 4. The lowest BCUT2D eigenvalue weighted by molar-refractivity contribution is 0.730. The van der Waals surface area contributed by atoms with Gasteiger partial charge in [-0.3, -0.25) is 0 Å². The second kappa shape index (κ2) is 6.35. The van der Waals surface area contributed by atoms with Crippen molar-refractivity contribution in [3.05, 3.63) is 76.9 Å². The fourth-order valence-electron chi connectivity index (χ4n) is 2.44. The van der Waals surface area contributed by atoms with Crippen LogP contribution in [0.4, 0.5) is 0 Å². The van der Waals surface area contributed by atoms with Gasteiger partial charge in [0, 0.05) is 6.04 Å². The van der Waals surface area contributed by atoms with Crippen LogP contribution in [0.2, 0.25) is 0 Å². The van der Waals surface area contributed by atoms with Gasteiger partial charge in [-0.05, 0) is 42.5 Å². The highest BCUT2D eigenvalue weighted by molar-refractivity contribution is 5.49. The summed E-state index contributed by atoms with van der Waals surface area (Å²) in [6.45, 7) is 4.26. The van der Waals surface area contributed by atoms with Crippen molar-refractivity contribution < 1.29 is 0 Å². The molecule has 0 bridgehead atoms. The first-order valence-corrected chi connectivity index (χ1v) is 6.72. The lowest BCUT2D eigenvalue weighted by Crippen LogP contribution is -2.12. The van der Waals surface area contributed by atoms with Crippen molar-refractivity contribution in [1.82, 2.24) is 0 Å². The Morgan fingerprint density at radius 3 is 2.21 bits per heavy atom. The van der Waals surface area contributed by atoms with Crippen molar-refractivity contribution >= 4 is 6.08 Å². The minimum absolute atomic E-state index is 0.0705. The largest absolute Gasteiger partial charge is 0.324 e. The summed E-state index contributed by atoms with van der Waals surface area (Å²) in [4.78, 5) is 0. The van der Waals surface area contributed by atoms with Crippen molar-refractivity contribution in [3.8, 4) is 0 Å². The highest BCUT2D eigenvalue weighted by Gasteiger charge is 2.09. The zero-order valence-corrected chi connectivity index (χ0v) is 11.6. The number of aryl methyl sites for hydroxylation is 2. The van der Waals surface area contributed by atoms with E-state index < -0.39 is 0 Å². The second-order valence-electron chi connectivity index (χ2n) is 4.96. The summed E-state index contributed by atoms with van der Waals surface area (Å²) in [5, 5.41) is 0. The van der Waals surface area contributed by atoms with Gasteiger partial charge in [0.1, 0.15) is 0 Å². The van der Waals surface area contributed by atoms with Crippen molar-refractivity contribution in [1.29, 1.82) is 0 Å². The highest BCUT2D eigenvalue weighted by Crippen LogP contribution is 2.23. The summed E-state index contributed by atoms with van der Waals surface area (Å²) in [6, 6.07) is 16.7. The van der Waals surface area contributed by atoms with Crippen LogP contribution in [0.3, 0.4) is 0 Å². The van der Waals surface area contributed by atoms with Crippen LogP contribution >= 0.6 is 0 Å². The van der Waals surface area contributed by atoms with E-state index >= 15 is 0 Å². The molecule has 0 unspecified atom stereocenters. The third-order valence-corrected chi connectivity index (χ3v) is 3.41. The van der Waals surface area contributed by atoms with E-state index in [0.29, 0.717) is 0 Å². The van der Waals surface area contributed by atoms with Crippen molar-refractivity contribution in [2.45, 2.75) is 26.3 Å². The lowest BCUT2D eigenvalue weighted by Gasteiger charge is -2.15. The predicted molar refractivity (Wildman–Crippen MR) is 82.9 cm³/mol. The average Bonchev–Trinajstić information content (AvgIpc) is 2.40.